The molecule has 0 bridgehead atoms. The van der Waals surface area contributed by atoms with Crippen LogP contribution in [-0.2, 0) is 4.79 Å². The van der Waals surface area contributed by atoms with Gasteiger partial charge < -0.3 is 11.1 Å². The fourth-order valence-electron chi connectivity index (χ4n) is 2.04. The molecule has 1 aromatic rings. The molecule has 0 aliphatic rings. The van der Waals surface area contributed by atoms with Crippen molar-refractivity contribution in [2.24, 2.45) is 5.73 Å². The van der Waals surface area contributed by atoms with E-state index in [1.54, 1.807) is 0 Å². The Morgan fingerprint density at radius 1 is 1.28 bits per heavy atom. The molecule has 0 aliphatic carbocycles. The van der Waals surface area contributed by atoms with Gasteiger partial charge in [-0.25, -0.2) is 0 Å². The van der Waals surface area contributed by atoms with E-state index >= 15 is 0 Å². The second kappa shape index (κ2) is 7.84. The third-order valence-electron chi connectivity index (χ3n) is 2.98. The molecule has 0 spiro atoms. The first-order valence-electron chi connectivity index (χ1n) is 6.51. The molecule has 18 heavy (non-hydrogen) atoms. The molecule has 1 aromatic carbocycles. The lowest BCUT2D eigenvalue weighted by Crippen LogP contribution is -2.42. The number of hydrogen-bond acceptors (Lipinski definition) is 3. The number of carbonyl (C=O) groups excluding carboxylic acids is 1. The van der Waals surface area contributed by atoms with Gasteiger partial charge in [0.2, 0.25) is 5.91 Å². The van der Waals surface area contributed by atoms with Crippen LogP contribution >= 0.6 is 0 Å². The fraction of sp³-hybridized carbons (Fsp3) is 0.500. The number of benzene rings is 1. The molecule has 0 aromatic heterocycles. The second-order valence-electron chi connectivity index (χ2n) is 4.11. The maximum absolute atomic E-state index is 12.3. The number of nitrogens with two attached hydrogens (primary N) is 1. The Hall–Kier alpha value is -1.39. The predicted octanol–water partition coefficient (Wildman–Crippen LogP) is 1.14. The Kier molecular flexibility index (Phi) is 6.39. The summed E-state index contributed by atoms with van der Waals surface area (Å²) < 4.78 is 0. The zero-order valence-electron chi connectivity index (χ0n) is 11.2. The number of nitrogens with zero attached hydrogens (tertiary/aromatic N) is 1. The van der Waals surface area contributed by atoms with E-state index in [0.29, 0.717) is 13.1 Å². The highest BCUT2D eigenvalue weighted by Gasteiger charge is 2.24. The molecule has 0 aliphatic heterocycles. The minimum absolute atomic E-state index is 0.0235. The molecule has 1 rings (SSSR count). The van der Waals surface area contributed by atoms with Crippen LogP contribution in [-0.4, -0.2) is 37.0 Å². The molecule has 4 heteroatoms. The Bertz CT molecular complexity index is 349. The van der Waals surface area contributed by atoms with Gasteiger partial charge in [0.15, 0.2) is 0 Å². The fourth-order valence-corrected chi connectivity index (χ4v) is 2.04. The number of rotatable bonds is 7. The largest absolute Gasteiger partial charge is 0.353 e. The third-order valence-corrected chi connectivity index (χ3v) is 2.98. The number of carbonyl (C=O) groups is 1. The van der Waals surface area contributed by atoms with Gasteiger partial charge >= 0.3 is 0 Å². The average Bonchev–Trinajstić information content (AvgIpc) is 2.43. The van der Waals surface area contributed by atoms with Gasteiger partial charge in [0.05, 0.1) is 0 Å². The van der Waals surface area contributed by atoms with E-state index in [1.165, 1.54) is 0 Å². The van der Waals surface area contributed by atoms with Crippen molar-refractivity contribution in [3.63, 3.8) is 0 Å². The summed E-state index contributed by atoms with van der Waals surface area (Å²) in [5.41, 5.74) is 6.45. The van der Waals surface area contributed by atoms with Crippen molar-refractivity contribution >= 4 is 5.91 Å². The quantitative estimate of drug-likeness (QED) is 0.762. The lowest BCUT2D eigenvalue weighted by Gasteiger charge is -2.29. The van der Waals surface area contributed by atoms with Crippen molar-refractivity contribution in [3.8, 4) is 0 Å². The zero-order valence-corrected chi connectivity index (χ0v) is 11.2. The minimum Gasteiger partial charge on any atom is -0.353 e. The summed E-state index contributed by atoms with van der Waals surface area (Å²) in [4.78, 5) is 14.4. The van der Waals surface area contributed by atoms with Gasteiger partial charge in [0.1, 0.15) is 6.04 Å². The topological polar surface area (TPSA) is 58.4 Å². The van der Waals surface area contributed by atoms with E-state index in [2.05, 4.69) is 24.1 Å². The molecule has 0 radical (unpaired) electrons. The highest BCUT2D eigenvalue weighted by atomic mass is 16.2. The second-order valence-corrected chi connectivity index (χ2v) is 4.11. The van der Waals surface area contributed by atoms with E-state index in [0.717, 1.165) is 18.7 Å². The number of likely N-dealkylation sites (N-methyl/N-ethyl adjacent to an activating group) is 1. The summed E-state index contributed by atoms with van der Waals surface area (Å²) in [6, 6.07) is 9.63. The molecule has 1 atom stereocenters. The van der Waals surface area contributed by atoms with Crippen molar-refractivity contribution in [1.29, 1.82) is 0 Å². The highest BCUT2D eigenvalue weighted by Crippen LogP contribution is 2.20. The number of hydrogen-bond donors (Lipinski definition) is 2. The van der Waals surface area contributed by atoms with Crippen LogP contribution in [0.25, 0.3) is 0 Å². The van der Waals surface area contributed by atoms with Gasteiger partial charge in [-0.2, -0.15) is 0 Å². The first kappa shape index (κ1) is 14.7. The molecule has 1 unspecified atom stereocenters. The Labute approximate surface area is 109 Å². The van der Waals surface area contributed by atoms with Crippen molar-refractivity contribution in [2.45, 2.75) is 19.9 Å². The molecular formula is C14H23N3O. The lowest BCUT2D eigenvalue weighted by atomic mass is 10.0. The van der Waals surface area contributed by atoms with Crippen molar-refractivity contribution in [1.82, 2.24) is 10.2 Å². The van der Waals surface area contributed by atoms with Gasteiger partial charge in [-0.1, -0.05) is 44.2 Å². The molecule has 1 amide bonds. The predicted molar refractivity (Wildman–Crippen MR) is 74.2 cm³/mol. The van der Waals surface area contributed by atoms with Crippen LogP contribution in [0.3, 0.4) is 0 Å². The number of nitrogens with one attached hydrogen (secondary N) is 1. The van der Waals surface area contributed by atoms with Crippen LogP contribution in [0.2, 0.25) is 0 Å². The van der Waals surface area contributed by atoms with E-state index in [9.17, 15) is 4.79 Å². The highest BCUT2D eigenvalue weighted by molar-refractivity contribution is 5.83. The van der Waals surface area contributed by atoms with E-state index in [-0.39, 0.29) is 11.9 Å². The first-order valence-corrected chi connectivity index (χ1v) is 6.51. The van der Waals surface area contributed by atoms with Crippen molar-refractivity contribution in [2.75, 3.05) is 26.2 Å². The molecule has 0 saturated carbocycles. The van der Waals surface area contributed by atoms with Gasteiger partial charge in [-0.3, -0.25) is 9.69 Å². The van der Waals surface area contributed by atoms with Crippen LogP contribution in [0, 0.1) is 0 Å². The molecule has 0 heterocycles. The monoisotopic (exact) mass is 249 g/mol. The van der Waals surface area contributed by atoms with E-state index < -0.39 is 0 Å². The van der Waals surface area contributed by atoms with Gasteiger partial charge in [0.25, 0.3) is 0 Å². The Morgan fingerprint density at radius 2 is 1.89 bits per heavy atom. The average molecular weight is 249 g/mol. The maximum Gasteiger partial charge on any atom is 0.242 e. The van der Waals surface area contributed by atoms with Crippen LogP contribution < -0.4 is 11.1 Å². The van der Waals surface area contributed by atoms with Crippen LogP contribution in [0.1, 0.15) is 25.5 Å². The normalized spacial score (nSPS) is 12.4. The molecule has 4 nitrogen and oxygen atoms in total. The van der Waals surface area contributed by atoms with Crippen molar-refractivity contribution in [3.05, 3.63) is 35.9 Å². The minimum atomic E-state index is -0.229. The third kappa shape index (κ3) is 3.82. The summed E-state index contributed by atoms with van der Waals surface area (Å²) in [5.74, 6) is 0.0235. The van der Waals surface area contributed by atoms with Crippen LogP contribution in [0.5, 0.6) is 0 Å². The summed E-state index contributed by atoms with van der Waals surface area (Å²) in [5, 5.41) is 2.87. The van der Waals surface area contributed by atoms with Gasteiger partial charge in [-0.15, -0.1) is 0 Å². The van der Waals surface area contributed by atoms with Gasteiger partial charge in [-0.05, 0) is 18.7 Å². The summed E-state index contributed by atoms with van der Waals surface area (Å²) >= 11 is 0. The van der Waals surface area contributed by atoms with Crippen LogP contribution in [0.15, 0.2) is 30.3 Å². The van der Waals surface area contributed by atoms with E-state index in [1.807, 2.05) is 30.3 Å². The SMILES string of the molecule is CCN(CC)C(C(=O)NCCN)c1ccccc1. The molecule has 3 N–H and O–H groups in total. The standard InChI is InChI=1S/C14H23N3O/c1-3-17(4-2)13(14(18)16-11-10-15)12-8-6-5-7-9-12/h5-9,13H,3-4,10-11,15H2,1-2H3,(H,16,18). The van der Waals surface area contributed by atoms with Crippen LogP contribution in [0.4, 0.5) is 0 Å². The lowest BCUT2D eigenvalue weighted by molar-refractivity contribution is -0.126. The van der Waals surface area contributed by atoms with Gasteiger partial charge in [0, 0.05) is 13.1 Å². The molecular weight excluding hydrogens is 226 g/mol. The summed E-state index contributed by atoms with van der Waals surface area (Å²) in [6.07, 6.45) is 0. The van der Waals surface area contributed by atoms with Crippen molar-refractivity contribution < 1.29 is 4.79 Å². The first-order chi connectivity index (χ1) is 8.74. The Morgan fingerprint density at radius 3 is 2.39 bits per heavy atom. The zero-order chi connectivity index (χ0) is 13.4. The maximum atomic E-state index is 12.3. The summed E-state index contributed by atoms with van der Waals surface area (Å²) in [7, 11) is 0. The van der Waals surface area contributed by atoms with E-state index in [4.69, 9.17) is 5.73 Å². The Balaban J connectivity index is 2.91. The smallest absolute Gasteiger partial charge is 0.242 e. The molecule has 0 fully saturated rings. The number of amides is 1. The summed E-state index contributed by atoms with van der Waals surface area (Å²) in [6.45, 7) is 6.79. The molecule has 0 saturated heterocycles. The molecule has 100 valence electrons.